The van der Waals surface area contributed by atoms with Crippen molar-refractivity contribution in [3.63, 3.8) is 0 Å². The topological polar surface area (TPSA) is 3.24 Å². The Balaban J connectivity index is 0.00000200. The second-order valence-corrected chi connectivity index (χ2v) is 6.62. The highest BCUT2D eigenvalue weighted by molar-refractivity contribution is 7.99. The van der Waals surface area contributed by atoms with Gasteiger partial charge in [0.05, 0.1) is 0 Å². The Morgan fingerprint density at radius 2 is 1.50 bits per heavy atom. The van der Waals surface area contributed by atoms with E-state index in [0.717, 1.165) is 6.54 Å². The van der Waals surface area contributed by atoms with Gasteiger partial charge in [-0.3, -0.25) is 0 Å². The maximum Gasteiger partial charge on any atom is 0.0238 e. The van der Waals surface area contributed by atoms with Crippen molar-refractivity contribution in [1.29, 1.82) is 0 Å². The highest BCUT2D eigenvalue weighted by Gasteiger charge is 2.05. The molecule has 0 radical (unpaired) electrons. The molecule has 0 N–H and O–H groups in total. The summed E-state index contributed by atoms with van der Waals surface area (Å²) in [6.07, 6.45) is 2.11. The molecule has 4 heteroatoms. The first-order chi connectivity index (χ1) is 9.19. The first-order valence-corrected chi connectivity index (χ1v) is 8.27. The Morgan fingerprint density at radius 3 is 2.10 bits per heavy atom. The normalized spacial score (nSPS) is 10.4. The molecule has 0 aliphatic rings. The van der Waals surface area contributed by atoms with Crippen LogP contribution in [0.25, 0.3) is 0 Å². The molecule has 0 aliphatic carbocycles. The molecule has 0 unspecified atom stereocenters. The van der Waals surface area contributed by atoms with E-state index in [1.165, 1.54) is 20.2 Å². The summed E-state index contributed by atoms with van der Waals surface area (Å²) in [5.74, 6) is 0. The molecule has 0 atom stereocenters. The van der Waals surface area contributed by atoms with E-state index in [-0.39, 0.29) is 12.4 Å². The third-order valence-electron chi connectivity index (χ3n) is 2.75. The van der Waals surface area contributed by atoms with E-state index in [1.807, 2.05) is 11.8 Å². The van der Waals surface area contributed by atoms with Crippen LogP contribution in [0.3, 0.4) is 0 Å². The molecule has 20 heavy (non-hydrogen) atoms. The summed E-state index contributed by atoms with van der Waals surface area (Å²) >= 11 is 3.62. The largest absolute Gasteiger partial charge is 0.305 e. The summed E-state index contributed by atoms with van der Waals surface area (Å²) in [4.78, 5) is 6.15. The monoisotopic (exact) mass is 325 g/mol. The van der Waals surface area contributed by atoms with Crippen molar-refractivity contribution in [3.8, 4) is 0 Å². The quantitative estimate of drug-likeness (QED) is 0.709. The molecule has 108 valence electrons. The fourth-order valence-electron chi connectivity index (χ4n) is 1.85. The molecule has 0 saturated carbocycles. The number of benzene rings is 2. The molecule has 0 fully saturated rings. The van der Waals surface area contributed by atoms with Gasteiger partial charge in [0.15, 0.2) is 0 Å². The van der Waals surface area contributed by atoms with Gasteiger partial charge in [-0.05, 0) is 56.2 Å². The minimum absolute atomic E-state index is 0. The number of rotatable bonds is 5. The molecular weight excluding hydrogens is 306 g/mol. The number of nitrogens with zero attached hydrogens (tertiary/aromatic N) is 1. The van der Waals surface area contributed by atoms with Gasteiger partial charge < -0.3 is 4.90 Å². The van der Waals surface area contributed by atoms with Gasteiger partial charge in [0, 0.05) is 21.2 Å². The van der Waals surface area contributed by atoms with Crippen molar-refractivity contribution in [1.82, 2.24) is 4.90 Å². The summed E-state index contributed by atoms with van der Waals surface area (Å²) in [5.41, 5.74) is 1.38. The van der Waals surface area contributed by atoms with Gasteiger partial charge >= 0.3 is 0 Å². The molecule has 2 rings (SSSR count). The van der Waals surface area contributed by atoms with Crippen molar-refractivity contribution < 1.29 is 0 Å². The van der Waals surface area contributed by atoms with Gasteiger partial charge in [0.25, 0.3) is 0 Å². The summed E-state index contributed by atoms with van der Waals surface area (Å²) in [6, 6.07) is 17.4. The minimum Gasteiger partial charge on any atom is -0.305 e. The van der Waals surface area contributed by atoms with Gasteiger partial charge in [-0.25, -0.2) is 0 Å². The van der Waals surface area contributed by atoms with Crippen molar-refractivity contribution in [2.24, 2.45) is 0 Å². The van der Waals surface area contributed by atoms with E-state index in [2.05, 4.69) is 73.8 Å². The number of halogens is 1. The van der Waals surface area contributed by atoms with Crippen LogP contribution in [-0.4, -0.2) is 25.3 Å². The van der Waals surface area contributed by atoms with Gasteiger partial charge in [0.1, 0.15) is 0 Å². The smallest absolute Gasteiger partial charge is 0.0238 e. The van der Waals surface area contributed by atoms with E-state index >= 15 is 0 Å². The Kier molecular flexibility index (Phi) is 7.52. The zero-order valence-electron chi connectivity index (χ0n) is 12.0. The predicted molar refractivity (Wildman–Crippen MR) is 93.4 cm³/mol. The molecular formula is C16H20ClNS2. The van der Waals surface area contributed by atoms with Crippen LogP contribution in [0.2, 0.25) is 0 Å². The second-order valence-electron chi connectivity index (χ2n) is 4.62. The number of thioether (sulfide) groups is 1. The predicted octanol–water partition coefficient (Wildman–Crippen LogP) is 5.04. The molecule has 0 heterocycles. The fraction of sp³-hybridized carbons (Fsp3) is 0.250. The summed E-state index contributed by atoms with van der Waals surface area (Å²) in [7, 11) is 4.21. The van der Waals surface area contributed by atoms with E-state index in [1.54, 1.807) is 11.8 Å². The standard InChI is InChI=1S/C16H19NS2.ClH/c1-17(2)12-13-6-4-5-7-16(13)19-15-10-8-14(18-3)9-11-15;/h4-11H,12H2,1-3H3;1H. The molecule has 2 aromatic rings. The van der Waals surface area contributed by atoms with Crippen LogP contribution in [0.4, 0.5) is 0 Å². The molecule has 2 aromatic carbocycles. The van der Waals surface area contributed by atoms with Crippen molar-refractivity contribution in [2.75, 3.05) is 20.4 Å². The summed E-state index contributed by atoms with van der Waals surface area (Å²) in [5, 5.41) is 0. The number of hydrogen-bond acceptors (Lipinski definition) is 3. The van der Waals surface area contributed by atoms with Crippen molar-refractivity contribution >= 4 is 35.9 Å². The minimum atomic E-state index is 0. The molecule has 0 aromatic heterocycles. The maximum absolute atomic E-state index is 2.21. The first kappa shape index (κ1) is 17.4. The lowest BCUT2D eigenvalue weighted by Crippen LogP contribution is -2.11. The van der Waals surface area contributed by atoms with Crippen LogP contribution in [0.5, 0.6) is 0 Å². The second kappa shape index (κ2) is 8.63. The third kappa shape index (κ3) is 5.06. The Labute approximate surface area is 136 Å². The van der Waals surface area contributed by atoms with Crippen LogP contribution in [0.15, 0.2) is 63.2 Å². The summed E-state index contributed by atoms with van der Waals surface area (Å²) < 4.78 is 0. The average Bonchev–Trinajstić information content (AvgIpc) is 2.41. The fourth-order valence-corrected chi connectivity index (χ4v) is 3.19. The van der Waals surface area contributed by atoms with Gasteiger partial charge in [0.2, 0.25) is 0 Å². The van der Waals surface area contributed by atoms with Crippen molar-refractivity contribution in [3.05, 3.63) is 54.1 Å². The zero-order valence-corrected chi connectivity index (χ0v) is 14.4. The molecule has 0 spiro atoms. The molecule has 0 saturated heterocycles. The van der Waals surface area contributed by atoms with Crippen LogP contribution in [0, 0.1) is 0 Å². The SMILES string of the molecule is CSc1ccc(Sc2ccccc2CN(C)C)cc1.Cl. The lowest BCUT2D eigenvalue weighted by molar-refractivity contribution is 0.399. The average molecular weight is 326 g/mol. The van der Waals surface area contributed by atoms with Crippen molar-refractivity contribution in [2.45, 2.75) is 21.2 Å². The highest BCUT2D eigenvalue weighted by Crippen LogP contribution is 2.31. The lowest BCUT2D eigenvalue weighted by Gasteiger charge is -2.13. The molecule has 0 aliphatic heterocycles. The van der Waals surface area contributed by atoms with Crippen LogP contribution >= 0.6 is 35.9 Å². The molecule has 0 amide bonds. The Morgan fingerprint density at radius 1 is 0.900 bits per heavy atom. The van der Waals surface area contributed by atoms with Gasteiger partial charge in [-0.2, -0.15) is 0 Å². The lowest BCUT2D eigenvalue weighted by atomic mass is 10.2. The Hall–Kier alpha value is -0.610. The molecule has 0 bridgehead atoms. The summed E-state index contributed by atoms with van der Waals surface area (Å²) in [6.45, 7) is 0.978. The van der Waals surface area contributed by atoms with Crippen LogP contribution in [-0.2, 0) is 6.54 Å². The highest BCUT2D eigenvalue weighted by atomic mass is 35.5. The van der Waals surface area contributed by atoms with Gasteiger partial charge in [-0.15, -0.1) is 24.2 Å². The van der Waals surface area contributed by atoms with E-state index < -0.39 is 0 Å². The van der Waals surface area contributed by atoms with E-state index in [0.29, 0.717) is 0 Å². The van der Waals surface area contributed by atoms with Gasteiger partial charge in [-0.1, -0.05) is 30.0 Å². The third-order valence-corrected chi connectivity index (χ3v) is 4.62. The zero-order chi connectivity index (χ0) is 13.7. The molecule has 1 nitrogen and oxygen atoms in total. The number of hydrogen-bond donors (Lipinski definition) is 0. The maximum atomic E-state index is 2.21. The Bertz CT molecular complexity index is 526. The van der Waals surface area contributed by atoms with E-state index in [9.17, 15) is 0 Å². The van der Waals surface area contributed by atoms with Crippen LogP contribution < -0.4 is 0 Å². The van der Waals surface area contributed by atoms with Crippen LogP contribution in [0.1, 0.15) is 5.56 Å². The van der Waals surface area contributed by atoms with E-state index in [4.69, 9.17) is 0 Å². The first-order valence-electron chi connectivity index (χ1n) is 6.23.